The quantitative estimate of drug-likeness (QED) is 0.0713. The summed E-state index contributed by atoms with van der Waals surface area (Å²) in [7, 11) is 0.0562. The van der Waals surface area contributed by atoms with Gasteiger partial charge in [0, 0.05) is 34.4 Å². The number of fused-ring (bicyclic) bond motifs is 2. The first-order chi connectivity index (χ1) is 28.4. The highest BCUT2D eigenvalue weighted by atomic mass is 32.2. The van der Waals surface area contributed by atoms with Crippen LogP contribution < -0.4 is 19.7 Å². The molecule has 0 spiro atoms. The lowest BCUT2D eigenvalue weighted by Gasteiger charge is -2.03. The first-order valence-corrected chi connectivity index (χ1v) is 19.8. The summed E-state index contributed by atoms with van der Waals surface area (Å²) in [5.74, 6) is -0.767. The van der Waals surface area contributed by atoms with E-state index in [-0.39, 0.29) is 16.7 Å². The summed E-state index contributed by atoms with van der Waals surface area (Å²) in [4.78, 5) is 25.2. The topological polar surface area (TPSA) is 155 Å². The lowest BCUT2D eigenvalue weighted by Crippen LogP contribution is -2.19. The molecule has 0 saturated heterocycles. The Labute approximate surface area is 340 Å². The second-order valence-corrected chi connectivity index (χ2v) is 15.0. The van der Waals surface area contributed by atoms with E-state index in [4.69, 9.17) is 4.55 Å². The Morgan fingerprint density at radius 2 is 1.00 bits per heavy atom. The summed E-state index contributed by atoms with van der Waals surface area (Å²) < 4.78 is 38.0. The van der Waals surface area contributed by atoms with E-state index in [1.54, 1.807) is 48.8 Å². The maximum Gasteiger partial charge on any atom is 0.294 e. The molecule has 0 aliphatic carbocycles. The molecule has 294 valence electrons. The summed E-state index contributed by atoms with van der Waals surface area (Å²) in [6, 6.07) is 40.3. The number of pyridine rings is 2. The van der Waals surface area contributed by atoms with Crippen LogP contribution in [0, 0.1) is 6.92 Å². The van der Waals surface area contributed by atoms with Gasteiger partial charge in [0.05, 0.1) is 43.8 Å². The van der Waals surface area contributed by atoms with Gasteiger partial charge in [-0.25, -0.2) is 28.8 Å². The van der Waals surface area contributed by atoms with E-state index in [1.165, 1.54) is 12.1 Å². The highest BCUT2D eigenvalue weighted by Gasteiger charge is 2.16. The average molecular weight is 805 g/mol. The fourth-order valence-electron chi connectivity index (χ4n) is 6.32. The van der Waals surface area contributed by atoms with E-state index < -0.39 is 10.1 Å². The smallest absolute Gasteiger partial charge is 0.282 e. The Morgan fingerprint density at radius 1 is 0.593 bits per heavy atom. The van der Waals surface area contributed by atoms with Crippen molar-refractivity contribution in [3.63, 3.8) is 0 Å². The van der Waals surface area contributed by atoms with Crippen molar-refractivity contribution in [2.45, 2.75) is 11.8 Å². The van der Waals surface area contributed by atoms with E-state index in [0.29, 0.717) is 11.1 Å². The maximum absolute atomic E-state index is 12.6. The second kappa shape index (κ2) is 17.3. The zero-order chi connectivity index (χ0) is 41.5. The van der Waals surface area contributed by atoms with Crippen LogP contribution in [0.1, 0.15) is 37.4 Å². The van der Waals surface area contributed by atoms with Crippen molar-refractivity contribution in [2.24, 2.45) is 24.3 Å². The van der Waals surface area contributed by atoms with E-state index in [9.17, 15) is 18.0 Å². The van der Waals surface area contributed by atoms with Gasteiger partial charge in [-0.2, -0.15) is 18.6 Å². The average Bonchev–Trinajstić information content (AvgIpc) is 3.77. The number of rotatable bonds is 9. The van der Waals surface area contributed by atoms with Crippen LogP contribution in [-0.2, 0) is 24.2 Å². The number of nitrogens with zero attached hydrogens (tertiary/aromatic N) is 6. The van der Waals surface area contributed by atoms with Crippen molar-refractivity contribution in [3.8, 4) is 22.5 Å². The number of amides is 2. The number of carbonyl (C=O) groups is 2. The molecule has 0 atom stereocenters. The van der Waals surface area contributed by atoms with Crippen molar-refractivity contribution < 1.29 is 31.4 Å². The number of aryl methyl sites for hydroxylation is 3. The summed E-state index contributed by atoms with van der Waals surface area (Å²) in [6.45, 7) is 1.84. The molecule has 3 N–H and O–H groups in total. The van der Waals surface area contributed by atoms with E-state index in [0.717, 1.165) is 50.5 Å². The first-order valence-electron chi connectivity index (χ1n) is 18.4. The largest absolute Gasteiger partial charge is 0.294 e. The van der Waals surface area contributed by atoms with Crippen LogP contribution >= 0.6 is 0 Å². The molecule has 0 fully saturated rings. The number of hydrogen-bond acceptors (Lipinski definition) is 6. The fraction of sp³-hybridized carbons (Fsp3) is 0.0667. The number of benzene rings is 4. The number of aromatic nitrogens is 4. The predicted octanol–water partition coefficient (Wildman–Crippen LogP) is 5.94. The van der Waals surface area contributed by atoms with Crippen molar-refractivity contribution in [1.29, 1.82) is 0 Å². The van der Waals surface area contributed by atoms with E-state index in [2.05, 4.69) is 63.5 Å². The van der Waals surface area contributed by atoms with Crippen molar-refractivity contribution in [1.82, 2.24) is 20.0 Å². The lowest BCUT2D eigenvalue weighted by molar-refractivity contribution is -0.510. The summed E-state index contributed by atoms with van der Waals surface area (Å²) >= 11 is 0. The molecule has 4 heterocycles. The molecule has 14 heteroatoms. The zero-order valence-electron chi connectivity index (χ0n) is 32.3. The third-order valence-electron chi connectivity index (χ3n) is 9.57. The molecule has 0 aliphatic heterocycles. The number of hydrogen-bond donors (Lipinski definition) is 3. The highest BCUT2D eigenvalue weighted by Crippen LogP contribution is 2.21. The molecule has 0 bridgehead atoms. The van der Waals surface area contributed by atoms with Crippen molar-refractivity contribution in [2.75, 3.05) is 0 Å². The van der Waals surface area contributed by atoms with E-state index in [1.807, 2.05) is 106 Å². The number of nitrogens with one attached hydrogen (secondary N) is 2. The molecule has 0 saturated carbocycles. The molecule has 4 aromatic heterocycles. The van der Waals surface area contributed by atoms with Crippen LogP contribution in [0.4, 0.5) is 0 Å². The summed E-state index contributed by atoms with van der Waals surface area (Å²) in [5, 5.41) is 8.20. The van der Waals surface area contributed by atoms with Crippen LogP contribution in [0.15, 0.2) is 173 Å². The molecule has 59 heavy (non-hydrogen) atoms. The first kappa shape index (κ1) is 39.7. The molecule has 8 rings (SSSR count). The molecule has 0 radical (unpaired) electrons. The Morgan fingerprint density at radius 3 is 1.37 bits per heavy atom. The molecule has 8 aromatic rings. The minimum Gasteiger partial charge on any atom is -0.282 e. The SMILES string of the molecule is Cc1ccc(S(=O)(=O)O)cc1.Cn1c(-c2ccc(/C=N/NC(=O)c3ccc(C(=O)N/N=C/c4ccc(-c5c[n+]6ccccc6n5C)cc4)cc3)cc2)c[n+]2ccccc12. The molecule has 0 unspecified atom stereocenters. The lowest BCUT2D eigenvalue weighted by atomic mass is 10.1. The number of carbonyl (C=O) groups excluding carboxylic acids is 2. The maximum atomic E-state index is 12.6. The second-order valence-electron chi connectivity index (χ2n) is 13.6. The Hall–Kier alpha value is -7.55. The van der Waals surface area contributed by atoms with Gasteiger partial charge in [-0.15, -0.1) is 0 Å². The van der Waals surface area contributed by atoms with Crippen LogP contribution in [0.25, 0.3) is 33.8 Å². The highest BCUT2D eigenvalue weighted by molar-refractivity contribution is 7.85. The predicted molar refractivity (Wildman–Crippen MR) is 226 cm³/mol. The zero-order valence-corrected chi connectivity index (χ0v) is 33.2. The molecule has 0 aliphatic rings. The van der Waals surface area contributed by atoms with Gasteiger partial charge in [-0.1, -0.05) is 54.1 Å². The van der Waals surface area contributed by atoms with Gasteiger partial charge < -0.3 is 0 Å². The minimum atomic E-state index is -4.02. The number of imidazole rings is 2. The van der Waals surface area contributed by atoms with Crippen LogP contribution in [0.5, 0.6) is 0 Å². The van der Waals surface area contributed by atoms with Gasteiger partial charge >= 0.3 is 0 Å². The van der Waals surface area contributed by atoms with E-state index >= 15 is 0 Å². The third-order valence-corrected chi connectivity index (χ3v) is 10.4. The summed E-state index contributed by atoms with van der Waals surface area (Å²) in [6.07, 6.45) is 11.4. The van der Waals surface area contributed by atoms with Crippen molar-refractivity contribution >= 4 is 45.7 Å². The Balaban J connectivity index is 0.000000417. The standard InChI is InChI=1S/C38H30N8O2.C7H8O3S/c1-43-33(25-45-21-5-3-7-35(43)45)29-13-9-27(10-14-29)23-39-41-37(47)31-17-19-32(20-18-31)38(48)42-40-24-28-11-15-30(16-12-28)34-26-46-22-6-4-8-36(46)44(34)2;1-6-2-4-7(5-3-6)11(8,9)10/h3-26H,1-2H3;2-5H,1H3,(H,8,9,10)/p+2/b39-23+,40-24+;. The fourth-order valence-corrected chi connectivity index (χ4v) is 6.80. The minimum absolute atomic E-state index is 0.0666. The van der Waals surface area contributed by atoms with Crippen molar-refractivity contribution in [3.05, 3.63) is 186 Å². The van der Waals surface area contributed by atoms with Gasteiger partial charge in [0.2, 0.25) is 0 Å². The molecular weight excluding hydrogens is 765 g/mol. The molecule has 13 nitrogen and oxygen atoms in total. The Kier molecular flexibility index (Phi) is 11.6. The molecular formula is C45H40N8O5S+2. The van der Waals surface area contributed by atoms with Crippen LogP contribution in [-0.4, -0.2) is 46.3 Å². The summed E-state index contributed by atoms with van der Waals surface area (Å²) in [5.41, 5.74) is 15.0. The van der Waals surface area contributed by atoms with Gasteiger partial charge in [0.15, 0.2) is 11.4 Å². The molecule has 2 amide bonds. The Bertz CT molecular complexity index is 2790. The van der Waals surface area contributed by atoms with Gasteiger partial charge in [-0.05, 0) is 90.8 Å². The van der Waals surface area contributed by atoms with Crippen LogP contribution in [0.2, 0.25) is 0 Å². The van der Waals surface area contributed by atoms with Gasteiger partial charge in [0.25, 0.3) is 33.2 Å². The van der Waals surface area contributed by atoms with Gasteiger partial charge in [-0.3, -0.25) is 14.1 Å². The third kappa shape index (κ3) is 9.37. The molecule has 4 aromatic carbocycles. The monoisotopic (exact) mass is 804 g/mol. The van der Waals surface area contributed by atoms with Gasteiger partial charge in [0.1, 0.15) is 12.4 Å². The normalized spacial score (nSPS) is 11.5. The number of hydrazone groups is 2. The van der Waals surface area contributed by atoms with Crippen LogP contribution in [0.3, 0.4) is 0 Å².